The maximum atomic E-state index is 11.6. The van der Waals surface area contributed by atoms with Gasteiger partial charge in [0.25, 0.3) is 0 Å². The van der Waals surface area contributed by atoms with Crippen LogP contribution in [0.2, 0.25) is 0 Å². The first kappa shape index (κ1) is 14.8. The number of hydrogen-bond donors (Lipinski definition) is 2. The van der Waals surface area contributed by atoms with Crippen LogP contribution in [0.4, 0.5) is 4.79 Å². The van der Waals surface area contributed by atoms with Crippen molar-refractivity contribution in [1.29, 1.82) is 0 Å². The fourth-order valence-electron chi connectivity index (χ4n) is 1.32. The van der Waals surface area contributed by atoms with Crippen LogP contribution in [-0.2, 0) is 4.74 Å². The minimum Gasteiger partial charge on any atom is -0.444 e. The molecule has 1 amide bonds. The number of oxime groups is 1. The van der Waals surface area contributed by atoms with Crippen molar-refractivity contribution >= 4 is 18.4 Å². The molecule has 0 atom stereocenters. The van der Waals surface area contributed by atoms with E-state index in [0.717, 1.165) is 11.8 Å². The van der Waals surface area contributed by atoms with Gasteiger partial charge >= 0.3 is 6.09 Å². The van der Waals surface area contributed by atoms with Crippen molar-refractivity contribution < 1.29 is 14.7 Å². The number of carbonyl (C=O) groups excluding carboxylic acids is 1. The summed E-state index contributed by atoms with van der Waals surface area (Å²) in [6, 6.07) is 9.35. The van der Waals surface area contributed by atoms with Gasteiger partial charge in [-0.2, -0.15) is 0 Å². The Morgan fingerprint density at radius 1 is 1.32 bits per heavy atom. The molecule has 5 heteroatoms. The van der Waals surface area contributed by atoms with Crippen LogP contribution in [0, 0.1) is 0 Å². The summed E-state index contributed by atoms with van der Waals surface area (Å²) in [5.74, 6) is 0. The molecule has 0 saturated heterocycles. The molecule has 5 nitrogen and oxygen atoms in total. The first-order valence-electron chi connectivity index (χ1n) is 5.85. The molecule has 1 aromatic rings. The molecular formula is C14H18N2O3. The van der Waals surface area contributed by atoms with Gasteiger partial charge in [-0.25, -0.2) is 4.79 Å². The third-order valence-electron chi connectivity index (χ3n) is 1.96. The first-order chi connectivity index (χ1) is 8.90. The van der Waals surface area contributed by atoms with Gasteiger partial charge in [-0.1, -0.05) is 35.5 Å². The van der Waals surface area contributed by atoms with Crippen LogP contribution in [0.15, 0.2) is 41.2 Å². The summed E-state index contributed by atoms with van der Waals surface area (Å²) >= 11 is 0. The van der Waals surface area contributed by atoms with Gasteiger partial charge in [-0.15, -0.1) is 0 Å². The minimum absolute atomic E-state index is 0.336. The van der Waals surface area contributed by atoms with E-state index in [1.165, 1.54) is 0 Å². The molecule has 0 saturated carbocycles. The van der Waals surface area contributed by atoms with Gasteiger partial charge in [0.1, 0.15) is 5.60 Å². The lowest BCUT2D eigenvalue weighted by atomic mass is 10.2. The fraction of sp³-hybridized carbons (Fsp3) is 0.286. The molecule has 0 fully saturated rings. The number of ether oxygens (including phenoxy) is 1. The quantitative estimate of drug-likeness (QED) is 0.499. The molecule has 0 bridgehead atoms. The molecule has 1 aromatic carbocycles. The predicted octanol–water partition coefficient (Wildman–Crippen LogP) is 3.01. The zero-order valence-electron chi connectivity index (χ0n) is 11.3. The van der Waals surface area contributed by atoms with Gasteiger partial charge < -0.3 is 9.94 Å². The van der Waals surface area contributed by atoms with Gasteiger partial charge in [0, 0.05) is 0 Å². The highest BCUT2D eigenvalue weighted by atomic mass is 16.6. The van der Waals surface area contributed by atoms with E-state index in [-0.39, 0.29) is 0 Å². The van der Waals surface area contributed by atoms with Crippen LogP contribution in [0.25, 0.3) is 6.08 Å². The Bertz CT molecular complexity index is 473. The molecule has 102 valence electrons. The van der Waals surface area contributed by atoms with Crippen LogP contribution in [0.3, 0.4) is 0 Å². The molecule has 0 heterocycles. The van der Waals surface area contributed by atoms with Gasteiger partial charge in [-0.3, -0.25) is 5.32 Å². The normalized spacial score (nSPS) is 12.5. The molecule has 0 aliphatic carbocycles. The fourth-order valence-corrected chi connectivity index (χ4v) is 1.32. The van der Waals surface area contributed by atoms with E-state index < -0.39 is 11.7 Å². The standard InChI is InChI=1S/C14H18N2O3/c1-14(2,3)19-13(17)16-12(10-15-18)9-11-7-5-4-6-8-11/h4-10,18H,1-3H3,(H,16,17)/b12-9-,15-10+. The van der Waals surface area contributed by atoms with Crippen molar-refractivity contribution in [3.05, 3.63) is 41.6 Å². The Labute approximate surface area is 112 Å². The van der Waals surface area contributed by atoms with E-state index in [1.807, 2.05) is 30.3 Å². The lowest BCUT2D eigenvalue weighted by Crippen LogP contribution is -2.32. The second kappa shape index (κ2) is 6.58. The van der Waals surface area contributed by atoms with E-state index in [4.69, 9.17) is 9.94 Å². The third-order valence-corrected chi connectivity index (χ3v) is 1.96. The number of allylic oxidation sites excluding steroid dienone is 1. The highest BCUT2D eigenvalue weighted by Crippen LogP contribution is 2.08. The summed E-state index contributed by atoms with van der Waals surface area (Å²) in [5, 5.41) is 14.0. The average molecular weight is 262 g/mol. The number of amides is 1. The molecule has 0 spiro atoms. The van der Waals surface area contributed by atoms with Crippen LogP contribution >= 0.6 is 0 Å². The first-order valence-corrected chi connectivity index (χ1v) is 5.85. The van der Waals surface area contributed by atoms with Gasteiger partial charge in [0.15, 0.2) is 0 Å². The summed E-state index contributed by atoms with van der Waals surface area (Å²) in [5.41, 5.74) is 0.620. The van der Waals surface area contributed by atoms with E-state index in [1.54, 1.807) is 26.8 Å². The molecular weight excluding hydrogens is 244 g/mol. The summed E-state index contributed by atoms with van der Waals surface area (Å²) in [4.78, 5) is 11.6. The molecule has 0 aliphatic heterocycles. The number of benzene rings is 1. The van der Waals surface area contributed by atoms with Crippen molar-refractivity contribution in [3.8, 4) is 0 Å². The van der Waals surface area contributed by atoms with E-state index >= 15 is 0 Å². The zero-order chi connectivity index (χ0) is 14.3. The zero-order valence-corrected chi connectivity index (χ0v) is 11.3. The molecule has 0 aromatic heterocycles. The second-order valence-corrected chi connectivity index (χ2v) is 4.88. The molecule has 0 aliphatic rings. The largest absolute Gasteiger partial charge is 0.444 e. The molecule has 0 unspecified atom stereocenters. The lowest BCUT2D eigenvalue weighted by Gasteiger charge is -2.19. The van der Waals surface area contributed by atoms with Crippen molar-refractivity contribution in [2.45, 2.75) is 26.4 Å². The topological polar surface area (TPSA) is 70.9 Å². The van der Waals surface area contributed by atoms with Crippen LogP contribution in [0.5, 0.6) is 0 Å². The Hall–Kier alpha value is -2.30. The lowest BCUT2D eigenvalue weighted by molar-refractivity contribution is 0.0550. The average Bonchev–Trinajstić information content (AvgIpc) is 2.27. The third kappa shape index (κ3) is 6.26. The molecule has 2 N–H and O–H groups in total. The van der Waals surface area contributed by atoms with Crippen molar-refractivity contribution in [2.75, 3.05) is 0 Å². The van der Waals surface area contributed by atoms with Crippen LogP contribution in [-0.4, -0.2) is 23.1 Å². The predicted molar refractivity (Wildman–Crippen MR) is 74.1 cm³/mol. The molecule has 0 radical (unpaired) electrons. The van der Waals surface area contributed by atoms with Crippen LogP contribution in [0.1, 0.15) is 26.3 Å². The maximum Gasteiger partial charge on any atom is 0.412 e. The highest BCUT2D eigenvalue weighted by Gasteiger charge is 2.16. The summed E-state index contributed by atoms with van der Waals surface area (Å²) in [6.07, 6.45) is 2.20. The number of alkyl carbamates (subject to hydrolysis) is 1. The number of nitrogens with one attached hydrogen (secondary N) is 1. The number of carbonyl (C=O) groups is 1. The number of hydrogen-bond acceptors (Lipinski definition) is 4. The Morgan fingerprint density at radius 3 is 2.47 bits per heavy atom. The van der Waals surface area contributed by atoms with Crippen LogP contribution < -0.4 is 5.32 Å². The molecule has 19 heavy (non-hydrogen) atoms. The SMILES string of the molecule is CC(C)(C)OC(=O)NC(=C\c1ccccc1)/C=N/O. The highest BCUT2D eigenvalue weighted by molar-refractivity contribution is 5.89. The summed E-state index contributed by atoms with van der Waals surface area (Å²) < 4.78 is 5.12. The minimum atomic E-state index is -0.602. The van der Waals surface area contributed by atoms with Gasteiger partial charge in [-0.05, 0) is 32.4 Å². The van der Waals surface area contributed by atoms with E-state index in [9.17, 15) is 4.79 Å². The second-order valence-electron chi connectivity index (χ2n) is 4.88. The van der Waals surface area contributed by atoms with Crippen molar-refractivity contribution in [2.24, 2.45) is 5.16 Å². The number of nitrogens with zero attached hydrogens (tertiary/aromatic N) is 1. The van der Waals surface area contributed by atoms with E-state index in [2.05, 4.69) is 10.5 Å². The summed E-state index contributed by atoms with van der Waals surface area (Å²) in [6.45, 7) is 5.31. The van der Waals surface area contributed by atoms with Gasteiger partial charge in [0.2, 0.25) is 0 Å². The maximum absolute atomic E-state index is 11.6. The van der Waals surface area contributed by atoms with E-state index in [0.29, 0.717) is 5.70 Å². The Kier molecular flexibility index (Phi) is 5.11. The van der Waals surface area contributed by atoms with Crippen molar-refractivity contribution in [3.63, 3.8) is 0 Å². The smallest absolute Gasteiger partial charge is 0.412 e. The summed E-state index contributed by atoms with van der Waals surface area (Å²) in [7, 11) is 0. The monoisotopic (exact) mass is 262 g/mol. The van der Waals surface area contributed by atoms with Crippen molar-refractivity contribution in [1.82, 2.24) is 5.32 Å². The Morgan fingerprint density at radius 2 is 1.95 bits per heavy atom. The number of rotatable bonds is 3. The Balaban J connectivity index is 2.79. The molecule has 1 rings (SSSR count). The van der Waals surface area contributed by atoms with Gasteiger partial charge in [0.05, 0.1) is 11.9 Å².